The fourth-order valence-corrected chi connectivity index (χ4v) is 2.24. The fourth-order valence-electron chi connectivity index (χ4n) is 1.84. The zero-order valence-corrected chi connectivity index (χ0v) is 13.0. The molecule has 0 aliphatic rings. The zero-order chi connectivity index (χ0) is 14.5. The van der Waals surface area contributed by atoms with Crippen LogP contribution in [0.5, 0.6) is 5.75 Å². The Morgan fingerprint density at radius 1 is 1.50 bits per heavy atom. The van der Waals surface area contributed by atoms with Crippen LogP contribution in [-0.4, -0.2) is 22.8 Å². The minimum atomic E-state index is -0.0878. The van der Waals surface area contributed by atoms with Gasteiger partial charge in [-0.1, -0.05) is 15.9 Å². The van der Waals surface area contributed by atoms with Crippen LogP contribution in [0.15, 0.2) is 35.1 Å². The van der Waals surface area contributed by atoms with Gasteiger partial charge in [-0.2, -0.15) is 5.10 Å². The second-order valence-electron chi connectivity index (χ2n) is 4.45. The van der Waals surface area contributed by atoms with Gasteiger partial charge >= 0.3 is 0 Å². The minimum absolute atomic E-state index is 0.0878. The maximum absolute atomic E-state index is 11.9. The molecular weight excluding hydrogens is 322 g/mol. The summed E-state index contributed by atoms with van der Waals surface area (Å²) in [4.78, 5) is 11.9. The Bertz CT molecular complexity index is 610. The van der Waals surface area contributed by atoms with Gasteiger partial charge in [-0.3, -0.25) is 9.48 Å². The number of carbonyl (C=O) groups excluding carboxylic acids is 1. The normalized spacial score (nSPS) is 10.3. The molecule has 2 rings (SSSR count). The number of aromatic nitrogens is 2. The van der Waals surface area contributed by atoms with Crippen LogP contribution in [0.1, 0.15) is 11.1 Å². The molecule has 0 fully saturated rings. The third kappa shape index (κ3) is 3.84. The van der Waals surface area contributed by atoms with Crippen LogP contribution in [0.2, 0.25) is 0 Å². The minimum Gasteiger partial charge on any atom is -0.496 e. The van der Waals surface area contributed by atoms with E-state index in [9.17, 15) is 4.79 Å². The van der Waals surface area contributed by atoms with Crippen molar-refractivity contribution in [1.29, 1.82) is 0 Å². The Balaban J connectivity index is 1.94. The van der Waals surface area contributed by atoms with Gasteiger partial charge < -0.3 is 10.1 Å². The van der Waals surface area contributed by atoms with Crippen LogP contribution in [0.4, 0.5) is 0 Å². The summed E-state index contributed by atoms with van der Waals surface area (Å²) < 4.78 is 7.83. The predicted molar refractivity (Wildman–Crippen MR) is 79.5 cm³/mol. The van der Waals surface area contributed by atoms with Crippen molar-refractivity contribution < 1.29 is 9.53 Å². The van der Waals surface area contributed by atoms with Crippen LogP contribution >= 0.6 is 15.9 Å². The van der Waals surface area contributed by atoms with Crippen molar-refractivity contribution in [2.75, 3.05) is 7.11 Å². The van der Waals surface area contributed by atoms with Crippen molar-refractivity contribution in [1.82, 2.24) is 15.1 Å². The molecule has 0 saturated heterocycles. The third-order valence-corrected chi connectivity index (χ3v) is 3.28. The number of nitrogens with one attached hydrogen (secondary N) is 1. The van der Waals surface area contributed by atoms with Crippen molar-refractivity contribution >= 4 is 21.8 Å². The molecule has 20 heavy (non-hydrogen) atoms. The smallest absolute Gasteiger partial charge is 0.241 e. The summed E-state index contributed by atoms with van der Waals surface area (Å²) in [7, 11) is 1.61. The van der Waals surface area contributed by atoms with Crippen molar-refractivity contribution in [3.63, 3.8) is 0 Å². The van der Waals surface area contributed by atoms with Gasteiger partial charge in [-0.05, 0) is 30.7 Å². The van der Waals surface area contributed by atoms with Crippen LogP contribution in [0.25, 0.3) is 0 Å². The number of carbonyl (C=O) groups is 1. The lowest BCUT2D eigenvalue weighted by atomic mass is 10.2. The number of rotatable bonds is 5. The molecule has 2 aromatic rings. The second-order valence-corrected chi connectivity index (χ2v) is 5.36. The van der Waals surface area contributed by atoms with Gasteiger partial charge in [0.1, 0.15) is 12.3 Å². The van der Waals surface area contributed by atoms with E-state index in [-0.39, 0.29) is 12.5 Å². The monoisotopic (exact) mass is 337 g/mol. The van der Waals surface area contributed by atoms with Gasteiger partial charge in [-0.15, -0.1) is 0 Å². The SMILES string of the molecule is COc1ccc(Br)cc1CNC(=O)Cn1cc(C)cn1. The van der Waals surface area contributed by atoms with E-state index in [1.165, 1.54) is 0 Å². The highest BCUT2D eigenvalue weighted by Gasteiger charge is 2.07. The van der Waals surface area contributed by atoms with Gasteiger partial charge in [0.2, 0.25) is 5.91 Å². The molecule has 0 atom stereocenters. The van der Waals surface area contributed by atoms with Crippen LogP contribution in [-0.2, 0) is 17.9 Å². The predicted octanol–water partition coefficient (Wildman–Crippen LogP) is 2.28. The molecule has 1 heterocycles. The first-order valence-electron chi connectivity index (χ1n) is 6.16. The standard InChI is InChI=1S/C14H16BrN3O2/c1-10-6-17-18(8-10)9-14(19)16-7-11-5-12(15)3-4-13(11)20-2/h3-6,8H,7,9H2,1-2H3,(H,16,19). The molecule has 5 nitrogen and oxygen atoms in total. The molecule has 1 aromatic carbocycles. The Labute approximate surface area is 126 Å². The molecule has 6 heteroatoms. The highest BCUT2D eigenvalue weighted by molar-refractivity contribution is 9.10. The molecule has 0 aliphatic carbocycles. The average molecular weight is 338 g/mol. The van der Waals surface area contributed by atoms with Crippen LogP contribution in [0.3, 0.4) is 0 Å². The molecule has 1 N–H and O–H groups in total. The summed E-state index contributed by atoms with van der Waals surface area (Å²) in [5, 5.41) is 6.94. The van der Waals surface area contributed by atoms with Crippen molar-refractivity contribution in [2.24, 2.45) is 0 Å². The largest absolute Gasteiger partial charge is 0.496 e. The van der Waals surface area contributed by atoms with Crippen LogP contribution < -0.4 is 10.1 Å². The van der Waals surface area contributed by atoms with E-state index in [0.717, 1.165) is 21.3 Å². The van der Waals surface area contributed by atoms with E-state index in [2.05, 4.69) is 26.3 Å². The van der Waals surface area contributed by atoms with Crippen molar-refractivity contribution in [2.45, 2.75) is 20.0 Å². The maximum atomic E-state index is 11.9. The molecule has 1 amide bonds. The van der Waals surface area contributed by atoms with Crippen LogP contribution in [0, 0.1) is 6.92 Å². The van der Waals surface area contributed by atoms with E-state index < -0.39 is 0 Å². The fraction of sp³-hybridized carbons (Fsp3) is 0.286. The molecular formula is C14H16BrN3O2. The molecule has 0 radical (unpaired) electrons. The number of ether oxygens (including phenoxy) is 1. The Morgan fingerprint density at radius 2 is 2.30 bits per heavy atom. The molecule has 0 bridgehead atoms. The average Bonchev–Trinajstić information content (AvgIpc) is 2.82. The highest BCUT2D eigenvalue weighted by Crippen LogP contribution is 2.22. The quantitative estimate of drug-likeness (QED) is 0.910. The number of hydrogen-bond acceptors (Lipinski definition) is 3. The van der Waals surface area contributed by atoms with Crippen molar-refractivity contribution in [3.05, 3.63) is 46.2 Å². The lowest BCUT2D eigenvalue weighted by molar-refractivity contribution is -0.122. The van der Waals surface area contributed by atoms with Gasteiger partial charge in [0.25, 0.3) is 0 Å². The first kappa shape index (κ1) is 14.6. The lowest BCUT2D eigenvalue weighted by Gasteiger charge is -2.10. The summed E-state index contributed by atoms with van der Waals surface area (Å²) in [5.41, 5.74) is 1.96. The lowest BCUT2D eigenvalue weighted by Crippen LogP contribution is -2.27. The molecule has 1 aromatic heterocycles. The number of methoxy groups -OCH3 is 1. The van der Waals surface area contributed by atoms with E-state index >= 15 is 0 Å². The Kier molecular flexibility index (Phi) is 4.79. The topological polar surface area (TPSA) is 56.1 Å². The summed E-state index contributed by atoms with van der Waals surface area (Å²) in [6.45, 7) is 2.57. The summed E-state index contributed by atoms with van der Waals surface area (Å²) in [6.07, 6.45) is 3.56. The first-order valence-corrected chi connectivity index (χ1v) is 6.96. The zero-order valence-electron chi connectivity index (χ0n) is 11.4. The summed E-state index contributed by atoms with van der Waals surface area (Å²) in [5.74, 6) is 0.665. The van der Waals surface area contributed by atoms with E-state index in [1.807, 2.05) is 31.3 Å². The van der Waals surface area contributed by atoms with Gasteiger partial charge in [-0.25, -0.2) is 0 Å². The molecule has 0 saturated carbocycles. The van der Waals surface area contributed by atoms with Gasteiger partial charge in [0, 0.05) is 22.8 Å². The first-order chi connectivity index (χ1) is 9.58. The van der Waals surface area contributed by atoms with E-state index in [1.54, 1.807) is 18.0 Å². The molecule has 0 unspecified atom stereocenters. The second kappa shape index (κ2) is 6.56. The molecule has 106 valence electrons. The Hall–Kier alpha value is -1.82. The van der Waals surface area contributed by atoms with Gasteiger partial charge in [0.15, 0.2) is 0 Å². The number of halogens is 1. The number of aryl methyl sites for hydroxylation is 1. The number of benzene rings is 1. The van der Waals surface area contributed by atoms with E-state index in [0.29, 0.717) is 6.54 Å². The molecule has 0 spiro atoms. The number of hydrogen-bond donors (Lipinski definition) is 1. The molecule has 0 aliphatic heterocycles. The Morgan fingerprint density at radius 3 is 2.95 bits per heavy atom. The number of amides is 1. The summed E-state index contributed by atoms with van der Waals surface area (Å²) >= 11 is 3.41. The highest BCUT2D eigenvalue weighted by atomic mass is 79.9. The third-order valence-electron chi connectivity index (χ3n) is 2.79. The number of nitrogens with zero attached hydrogens (tertiary/aromatic N) is 2. The summed E-state index contributed by atoms with van der Waals surface area (Å²) in [6, 6.07) is 5.69. The van der Waals surface area contributed by atoms with Crippen molar-refractivity contribution in [3.8, 4) is 5.75 Å². The maximum Gasteiger partial charge on any atom is 0.241 e. The van der Waals surface area contributed by atoms with Gasteiger partial charge in [0.05, 0.1) is 13.3 Å². The van der Waals surface area contributed by atoms with E-state index in [4.69, 9.17) is 4.74 Å².